The van der Waals surface area contributed by atoms with E-state index in [4.69, 9.17) is 58.4 Å². The zero-order valence-electron chi connectivity index (χ0n) is 31.8. The maximum atomic E-state index is 12.4. The molecule has 14 nitrogen and oxygen atoms in total. The first-order valence-electron chi connectivity index (χ1n) is 17.3. The van der Waals surface area contributed by atoms with Crippen LogP contribution in [0.3, 0.4) is 0 Å². The van der Waals surface area contributed by atoms with Crippen LogP contribution in [0.4, 0.5) is 0 Å². The van der Waals surface area contributed by atoms with Gasteiger partial charge in [-0.2, -0.15) is 40.4 Å². The fraction of sp³-hybridized carbons (Fsp3) is 0.474. The normalized spacial score (nSPS) is 29.7. The molecule has 9 aliphatic rings. The van der Waals surface area contributed by atoms with E-state index in [9.17, 15) is 19.6 Å². The molecule has 12 rings (SSSR count). The van der Waals surface area contributed by atoms with Crippen LogP contribution in [0, 0.1) is 46.2 Å². The van der Waals surface area contributed by atoms with Gasteiger partial charge in [0.2, 0.25) is 0 Å². The molecule has 0 spiro atoms. The number of rotatable bonds is 6. The van der Waals surface area contributed by atoms with Crippen molar-refractivity contribution in [2.24, 2.45) is 27.1 Å². The number of carboxylic acid groups (broad SMARTS) is 1. The summed E-state index contributed by atoms with van der Waals surface area (Å²) >= 11 is 16.9. The standard InChI is InChI=1S/C17H14N2O4S2.C7H10O2.C7H12S.C5H4NOS.2CO2.Na/c20-14(22-18-7-3-1-5-12(18)24)16-9-17(10-16,11-16)15(21)23-19-8-4-2-6-13(19)25;1-6-2-7(3-6,4-6)5(8)9;1-6-3-7(4-6,5-6)8-2;7-6-4-2-1-3-5(6)8;2*2-1-3;/h1-8H,9-11H2;2-4H2,1H3,(H,8,9);3-5H2,1-2H3;1-4H;;;/q;;;-1;;;+1. The van der Waals surface area contributed by atoms with Crippen molar-refractivity contribution in [2.75, 3.05) is 6.26 Å². The Morgan fingerprint density at radius 1 is 0.649 bits per heavy atom. The van der Waals surface area contributed by atoms with E-state index in [1.807, 2.05) is 0 Å². The maximum absolute atomic E-state index is 12.4. The van der Waals surface area contributed by atoms with Crippen LogP contribution in [0.15, 0.2) is 73.2 Å². The topological polar surface area (TPSA) is 196 Å². The number of aromatic nitrogens is 3. The van der Waals surface area contributed by atoms with Crippen LogP contribution < -0.4 is 39.2 Å². The van der Waals surface area contributed by atoms with Crippen molar-refractivity contribution >= 4 is 78.6 Å². The number of carboxylic acids is 1. The van der Waals surface area contributed by atoms with Gasteiger partial charge in [-0.25, -0.2) is 9.59 Å². The minimum atomic E-state index is -0.609. The first-order chi connectivity index (χ1) is 26.3. The number of carbonyl (C=O) groups excluding carboxylic acids is 6. The van der Waals surface area contributed by atoms with E-state index in [2.05, 4.69) is 44.1 Å². The average molecular weight is 866 g/mol. The molecule has 0 aliphatic heterocycles. The van der Waals surface area contributed by atoms with Crippen LogP contribution in [0.1, 0.15) is 71.6 Å². The molecule has 0 radical (unpaired) electrons. The molecule has 0 saturated heterocycles. The third-order valence-corrected chi connectivity index (χ3v) is 13.3. The molecule has 0 amide bonds. The van der Waals surface area contributed by atoms with Gasteiger partial charge in [0.05, 0.1) is 16.2 Å². The molecule has 19 heteroatoms. The first kappa shape index (κ1) is 47.8. The molecular formula is C38H40N3NaO11S4. The smallest absolute Gasteiger partial charge is 0.805 e. The van der Waals surface area contributed by atoms with Crippen molar-refractivity contribution in [3.63, 3.8) is 0 Å². The third-order valence-electron chi connectivity index (χ3n) is 11.1. The summed E-state index contributed by atoms with van der Waals surface area (Å²) in [5.74, 6) is -1.30. The summed E-state index contributed by atoms with van der Waals surface area (Å²) in [6.45, 7) is 4.57. The van der Waals surface area contributed by atoms with E-state index in [-0.39, 0.29) is 59.2 Å². The molecule has 298 valence electrons. The van der Waals surface area contributed by atoms with Gasteiger partial charge in [-0.15, -0.1) is 0 Å². The monoisotopic (exact) mass is 865 g/mol. The Labute approximate surface area is 370 Å². The minimum absolute atomic E-state index is 0. The summed E-state index contributed by atoms with van der Waals surface area (Å²) in [4.78, 5) is 78.5. The van der Waals surface area contributed by atoms with Gasteiger partial charge in [0.1, 0.15) is 13.9 Å². The third kappa shape index (κ3) is 10.5. The molecule has 6 bridgehead atoms. The Morgan fingerprint density at radius 2 is 1.00 bits per heavy atom. The van der Waals surface area contributed by atoms with Crippen molar-refractivity contribution in [1.29, 1.82) is 0 Å². The van der Waals surface area contributed by atoms with E-state index in [1.165, 1.54) is 34.9 Å². The Hall–Kier alpha value is -3.57. The summed E-state index contributed by atoms with van der Waals surface area (Å²) < 4.78 is 5.11. The van der Waals surface area contributed by atoms with Crippen molar-refractivity contribution in [2.45, 2.75) is 76.4 Å². The number of pyridine rings is 3. The molecule has 57 heavy (non-hydrogen) atoms. The van der Waals surface area contributed by atoms with E-state index >= 15 is 0 Å². The summed E-state index contributed by atoms with van der Waals surface area (Å²) in [6, 6.07) is 15.3. The van der Waals surface area contributed by atoms with Crippen LogP contribution in [0.2, 0.25) is 0 Å². The average Bonchev–Trinajstić information content (AvgIpc) is 3.05. The molecule has 0 atom stereocenters. The number of aliphatic carboxylic acids is 1. The van der Waals surface area contributed by atoms with Gasteiger partial charge < -0.3 is 24.7 Å². The summed E-state index contributed by atoms with van der Waals surface area (Å²) in [5, 5.41) is 19.1. The summed E-state index contributed by atoms with van der Waals surface area (Å²) in [7, 11) is 0. The van der Waals surface area contributed by atoms with Crippen molar-refractivity contribution in [3.8, 4) is 0 Å². The number of hydrogen-bond acceptors (Lipinski definition) is 14. The van der Waals surface area contributed by atoms with Gasteiger partial charge in [0.15, 0.2) is 0 Å². The Balaban J connectivity index is 0.000000222. The van der Waals surface area contributed by atoms with Gasteiger partial charge >= 0.3 is 59.8 Å². The molecule has 0 aromatic carbocycles. The van der Waals surface area contributed by atoms with Crippen molar-refractivity contribution in [3.05, 3.63) is 92.3 Å². The maximum Gasteiger partial charge on any atom is 1.00 e. The largest absolute Gasteiger partial charge is 1.00 e. The van der Waals surface area contributed by atoms with Crippen LogP contribution in [-0.2, 0) is 33.6 Å². The van der Waals surface area contributed by atoms with Gasteiger partial charge in [-0.1, -0.05) is 68.7 Å². The minimum Gasteiger partial charge on any atom is -0.805 e. The van der Waals surface area contributed by atoms with Gasteiger partial charge in [-0.05, 0) is 117 Å². The second kappa shape index (κ2) is 19.0. The fourth-order valence-electron chi connectivity index (χ4n) is 8.90. The molecule has 1 N–H and O–H groups in total. The molecular weight excluding hydrogens is 826 g/mol. The Morgan fingerprint density at radius 3 is 1.23 bits per heavy atom. The number of carbonyl (C=O) groups is 3. The van der Waals surface area contributed by atoms with Crippen LogP contribution in [0.25, 0.3) is 0 Å². The van der Waals surface area contributed by atoms with Gasteiger partial charge in [-0.3, -0.25) is 4.79 Å². The Kier molecular flexibility index (Phi) is 15.9. The quantitative estimate of drug-likeness (QED) is 0.279. The molecule has 3 aromatic rings. The SMILES string of the molecule is CC12CC(C(=O)O)(C1)C2.CSC12CC(C)(C1)C2.O=C(On1ccccc1=S)C12CC(C(=O)On3ccccc3=S)(C1)C2.O=C=O.O=C=O.[Na+].[O-]n1ccccc1=S. The van der Waals surface area contributed by atoms with Gasteiger partial charge in [0.25, 0.3) is 0 Å². The number of nitrogens with zero attached hydrogens (tertiary/aromatic N) is 3. The van der Waals surface area contributed by atoms with Crippen LogP contribution >= 0.6 is 48.4 Å². The Bertz CT molecular complexity index is 2080. The first-order valence-corrected chi connectivity index (χ1v) is 19.7. The van der Waals surface area contributed by atoms with Crippen LogP contribution in [-0.4, -0.2) is 60.5 Å². The number of thioether (sulfide) groups is 1. The van der Waals surface area contributed by atoms with E-state index in [0.717, 1.165) is 29.4 Å². The van der Waals surface area contributed by atoms with Gasteiger partial charge in [0, 0.05) is 17.1 Å². The van der Waals surface area contributed by atoms with Crippen molar-refractivity contribution in [1.82, 2.24) is 14.2 Å². The zero-order valence-corrected chi connectivity index (χ0v) is 37.1. The van der Waals surface area contributed by atoms with E-state index in [1.54, 1.807) is 67.0 Å². The molecule has 9 aliphatic carbocycles. The van der Waals surface area contributed by atoms with E-state index < -0.39 is 16.8 Å². The molecule has 9 saturated carbocycles. The summed E-state index contributed by atoms with van der Waals surface area (Å²) in [5.41, 5.74) is -0.236. The summed E-state index contributed by atoms with van der Waals surface area (Å²) in [6.07, 6.45) is 15.9. The van der Waals surface area contributed by atoms with Crippen molar-refractivity contribution < 1.29 is 77.9 Å². The predicted molar refractivity (Wildman–Crippen MR) is 207 cm³/mol. The zero-order chi connectivity index (χ0) is 41.6. The molecule has 9 fully saturated rings. The predicted octanol–water partition coefficient (Wildman–Crippen LogP) is 3.48. The second-order valence-electron chi connectivity index (χ2n) is 15.8. The molecule has 3 heterocycles. The second-order valence-corrected chi connectivity index (χ2v) is 18.3. The fourth-order valence-corrected chi connectivity index (χ4v) is 10.9. The number of hydrogen-bond donors (Lipinski definition) is 1. The molecule has 3 aromatic heterocycles. The van der Waals surface area contributed by atoms with E-state index in [0.29, 0.717) is 43.3 Å². The molecule has 0 unspecified atom stereocenters. The van der Waals surface area contributed by atoms with Crippen LogP contribution in [0.5, 0.6) is 0 Å².